The van der Waals surface area contributed by atoms with Crippen LogP contribution in [0.3, 0.4) is 0 Å². The van der Waals surface area contributed by atoms with E-state index in [4.69, 9.17) is 4.98 Å². The highest BCUT2D eigenvalue weighted by molar-refractivity contribution is 6.21. The van der Waals surface area contributed by atoms with E-state index < -0.39 is 0 Å². The minimum atomic E-state index is 0.920. The molecular weight excluding hydrogens is 486 g/mol. The second kappa shape index (κ2) is 8.05. The lowest BCUT2D eigenvalue weighted by Gasteiger charge is -2.12. The third-order valence-electron chi connectivity index (χ3n) is 8.32. The first-order valence-corrected chi connectivity index (χ1v) is 13.6. The van der Waals surface area contributed by atoms with Crippen LogP contribution in [0.5, 0.6) is 0 Å². The van der Waals surface area contributed by atoms with Gasteiger partial charge in [-0.3, -0.25) is 4.57 Å². The van der Waals surface area contributed by atoms with Gasteiger partial charge < -0.3 is 4.40 Å². The third kappa shape index (κ3) is 2.92. The number of aromatic nitrogens is 3. The molecule has 0 N–H and O–H groups in total. The van der Waals surface area contributed by atoms with Crippen LogP contribution in [-0.4, -0.2) is 14.0 Å². The average molecular weight is 510 g/mol. The molecular formula is C37H23N3. The Bertz CT molecular complexity index is 2430. The largest absolute Gasteiger partial charge is 0.309 e. The maximum atomic E-state index is 4.89. The fourth-order valence-electron chi connectivity index (χ4n) is 6.56. The van der Waals surface area contributed by atoms with Gasteiger partial charge in [-0.05, 0) is 59.0 Å². The maximum absolute atomic E-state index is 4.89. The zero-order valence-corrected chi connectivity index (χ0v) is 21.6. The van der Waals surface area contributed by atoms with E-state index in [2.05, 4.69) is 142 Å². The van der Waals surface area contributed by atoms with E-state index in [0.717, 1.165) is 22.4 Å². The fourth-order valence-corrected chi connectivity index (χ4v) is 6.56. The summed E-state index contributed by atoms with van der Waals surface area (Å²) in [6.07, 6.45) is 1.92. The van der Waals surface area contributed by atoms with E-state index in [1.165, 1.54) is 54.4 Å². The lowest BCUT2D eigenvalue weighted by molar-refractivity contribution is 1.08. The number of pyridine rings is 2. The molecule has 0 aliphatic carbocycles. The van der Waals surface area contributed by atoms with Crippen molar-refractivity contribution in [3.63, 3.8) is 0 Å². The first-order chi connectivity index (χ1) is 19.8. The number of hydrogen-bond donors (Lipinski definition) is 0. The molecule has 3 nitrogen and oxygen atoms in total. The summed E-state index contributed by atoms with van der Waals surface area (Å²) < 4.78 is 4.76. The van der Waals surface area contributed by atoms with Gasteiger partial charge in [-0.15, -0.1) is 0 Å². The molecule has 0 atom stereocenters. The van der Waals surface area contributed by atoms with Crippen molar-refractivity contribution in [2.75, 3.05) is 0 Å². The normalized spacial score (nSPS) is 12.0. The fraction of sp³-hybridized carbons (Fsp3) is 0. The van der Waals surface area contributed by atoms with Crippen LogP contribution in [-0.2, 0) is 0 Å². The summed E-state index contributed by atoms with van der Waals surface area (Å²) in [6, 6.07) is 48.0. The molecule has 0 bridgehead atoms. The molecule has 0 fully saturated rings. The molecule has 9 aromatic rings. The van der Waals surface area contributed by atoms with Crippen molar-refractivity contribution in [2.24, 2.45) is 0 Å². The molecule has 5 aromatic carbocycles. The molecule has 9 rings (SSSR count). The first-order valence-electron chi connectivity index (χ1n) is 13.6. The van der Waals surface area contributed by atoms with Crippen molar-refractivity contribution in [2.45, 2.75) is 0 Å². The molecule has 4 heterocycles. The number of hydrogen-bond acceptors (Lipinski definition) is 1. The van der Waals surface area contributed by atoms with Gasteiger partial charge in [-0.2, -0.15) is 0 Å². The quantitative estimate of drug-likeness (QED) is 0.213. The van der Waals surface area contributed by atoms with Crippen LogP contribution in [0.2, 0.25) is 0 Å². The van der Waals surface area contributed by atoms with Gasteiger partial charge in [0, 0.05) is 33.1 Å². The number of benzene rings is 5. The molecule has 186 valence electrons. The summed E-state index contributed by atoms with van der Waals surface area (Å²) in [6.45, 7) is 0. The molecule has 0 amide bonds. The van der Waals surface area contributed by atoms with Crippen LogP contribution in [0, 0.1) is 0 Å². The van der Waals surface area contributed by atoms with Gasteiger partial charge in [0.25, 0.3) is 0 Å². The Morgan fingerprint density at radius 2 is 1.02 bits per heavy atom. The Hall–Kier alpha value is -5.41. The smallest absolute Gasteiger partial charge is 0.138 e. The predicted molar refractivity (Wildman–Crippen MR) is 167 cm³/mol. The van der Waals surface area contributed by atoms with Gasteiger partial charge >= 0.3 is 0 Å². The van der Waals surface area contributed by atoms with Gasteiger partial charge in [-0.25, -0.2) is 4.98 Å². The minimum Gasteiger partial charge on any atom is -0.309 e. The Morgan fingerprint density at radius 1 is 0.400 bits per heavy atom. The first kappa shape index (κ1) is 21.5. The Labute approximate surface area is 230 Å². The monoisotopic (exact) mass is 509 g/mol. The van der Waals surface area contributed by atoms with Gasteiger partial charge in [0.2, 0.25) is 0 Å². The highest BCUT2D eigenvalue weighted by Gasteiger charge is 2.18. The second-order valence-corrected chi connectivity index (χ2v) is 10.5. The van der Waals surface area contributed by atoms with Crippen LogP contribution in [0.15, 0.2) is 140 Å². The van der Waals surface area contributed by atoms with E-state index in [1.807, 2.05) is 6.20 Å². The molecule has 0 unspecified atom stereocenters. The highest BCUT2D eigenvalue weighted by Crippen LogP contribution is 2.39. The van der Waals surface area contributed by atoms with Crippen LogP contribution in [0.1, 0.15) is 0 Å². The van der Waals surface area contributed by atoms with Crippen molar-refractivity contribution in [1.82, 2.24) is 14.0 Å². The Morgan fingerprint density at radius 3 is 1.88 bits per heavy atom. The molecule has 4 aromatic heterocycles. The number of rotatable bonds is 2. The molecule has 3 heteroatoms. The molecule has 0 saturated heterocycles. The van der Waals surface area contributed by atoms with Crippen LogP contribution < -0.4 is 0 Å². The average Bonchev–Trinajstić information content (AvgIpc) is 3.57. The van der Waals surface area contributed by atoms with Crippen LogP contribution >= 0.6 is 0 Å². The molecule has 0 aliphatic rings. The van der Waals surface area contributed by atoms with Crippen molar-refractivity contribution >= 4 is 59.9 Å². The molecule has 0 saturated carbocycles. The summed E-state index contributed by atoms with van der Waals surface area (Å²) in [5.41, 5.74) is 8.35. The number of fused-ring (bicyclic) bond motifs is 11. The predicted octanol–water partition coefficient (Wildman–Crippen LogP) is 9.56. The zero-order chi connectivity index (χ0) is 26.2. The molecule has 0 aliphatic heterocycles. The van der Waals surface area contributed by atoms with E-state index in [-0.39, 0.29) is 0 Å². The van der Waals surface area contributed by atoms with E-state index in [0.29, 0.717) is 0 Å². The van der Waals surface area contributed by atoms with Crippen LogP contribution in [0.25, 0.3) is 76.8 Å². The van der Waals surface area contributed by atoms with Crippen molar-refractivity contribution in [1.29, 1.82) is 0 Å². The van der Waals surface area contributed by atoms with Crippen molar-refractivity contribution < 1.29 is 0 Å². The number of para-hydroxylation sites is 2. The SMILES string of the molecule is c1ccc(-c2ccnc(-n3c4ccccc4c4cc5c(cc43)c3ccccc3c3cc4ccccc4n35)c2)cc1. The molecule has 40 heavy (non-hydrogen) atoms. The van der Waals surface area contributed by atoms with Gasteiger partial charge in [-0.1, -0.05) is 91.0 Å². The van der Waals surface area contributed by atoms with E-state index >= 15 is 0 Å². The topological polar surface area (TPSA) is 22.2 Å². The summed E-state index contributed by atoms with van der Waals surface area (Å²) in [4.78, 5) is 4.89. The maximum Gasteiger partial charge on any atom is 0.138 e. The van der Waals surface area contributed by atoms with Gasteiger partial charge in [0.15, 0.2) is 0 Å². The summed E-state index contributed by atoms with van der Waals surface area (Å²) in [5.74, 6) is 0.920. The lowest BCUT2D eigenvalue weighted by Crippen LogP contribution is -1.98. The molecule has 0 radical (unpaired) electrons. The summed E-state index contributed by atoms with van der Waals surface area (Å²) in [7, 11) is 0. The van der Waals surface area contributed by atoms with E-state index in [9.17, 15) is 0 Å². The van der Waals surface area contributed by atoms with E-state index in [1.54, 1.807) is 0 Å². The number of nitrogens with zero attached hydrogens (tertiary/aromatic N) is 3. The van der Waals surface area contributed by atoms with Crippen LogP contribution in [0.4, 0.5) is 0 Å². The minimum absolute atomic E-state index is 0.920. The zero-order valence-electron chi connectivity index (χ0n) is 21.6. The molecule has 0 spiro atoms. The van der Waals surface area contributed by atoms with Gasteiger partial charge in [0.05, 0.1) is 27.6 Å². The summed E-state index contributed by atoms with van der Waals surface area (Å²) in [5, 5.41) is 7.47. The third-order valence-corrected chi connectivity index (χ3v) is 8.32. The van der Waals surface area contributed by atoms with Crippen molar-refractivity contribution in [3.8, 4) is 16.9 Å². The second-order valence-electron chi connectivity index (χ2n) is 10.5. The lowest BCUT2D eigenvalue weighted by atomic mass is 10.0. The van der Waals surface area contributed by atoms with Crippen molar-refractivity contribution in [3.05, 3.63) is 140 Å². The standard InChI is InChI=1S/C37H23N3/c1-2-10-24(11-3-1)25-18-19-38-37(21-25)40-33-17-9-7-15-29(33)31-23-35-30(22-36(31)40)27-13-5-6-14-28(27)34-20-26-12-4-8-16-32(26)39(34)35/h1-23H. The van der Waals surface area contributed by atoms with Gasteiger partial charge in [0.1, 0.15) is 5.82 Å². The Kier molecular flexibility index (Phi) is 4.33. The Balaban J connectivity index is 1.46. The summed E-state index contributed by atoms with van der Waals surface area (Å²) >= 11 is 0. The highest BCUT2D eigenvalue weighted by atomic mass is 15.1.